The molecule has 4 rings (SSSR count). The molecule has 1 N–H and O–H groups in total. The van der Waals surface area contributed by atoms with Gasteiger partial charge in [0.05, 0.1) is 11.9 Å². The lowest BCUT2D eigenvalue weighted by Crippen LogP contribution is -2.31. The molecule has 7 heteroatoms. The Balaban J connectivity index is 1.65. The summed E-state index contributed by atoms with van der Waals surface area (Å²) in [4.78, 5) is 11.8. The predicted octanol–water partition coefficient (Wildman–Crippen LogP) is 2.12. The Labute approximate surface area is 150 Å². The van der Waals surface area contributed by atoms with Crippen molar-refractivity contribution in [2.75, 3.05) is 37.3 Å². The Kier molecular flexibility index (Phi) is 4.48. The summed E-state index contributed by atoms with van der Waals surface area (Å²) >= 11 is 0. The van der Waals surface area contributed by atoms with Gasteiger partial charge in [0.2, 0.25) is 5.95 Å². The molecule has 6 nitrogen and oxygen atoms in total. The summed E-state index contributed by atoms with van der Waals surface area (Å²) in [5.74, 6) is 0.875. The maximum absolute atomic E-state index is 12.2. The summed E-state index contributed by atoms with van der Waals surface area (Å²) in [6.45, 7) is 3.80. The molecule has 138 valence electrons. The van der Waals surface area contributed by atoms with Crippen LogP contribution in [0.5, 0.6) is 0 Å². The van der Waals surface area contributed by atoms with Gasteiger partial charge in [0.1, 0.15) is 4.90 Å². The van der Waals surface area contributed by atoms with Gasteiger partial charge in [0.15, 0.2) is 9.84 Å². The zero-order valence-electron chi connectivity index (χ0n) is 15.0. The molecule has 1 aromatic heterocycles. The topological polar surface area (TPSA) is 75.2 Å². The van der Waals surface area contributed by atoms with Crippen LogP contribution in [0.3, 0.4) is 0 Å². The summed E-state index contributed by atoms with van der Waals surface area (Å²) in [6.07, 6.45) is 11.3. The molecule has 1 saturated carbocycles. The largest absolute Gasteiger partial charge is 0.340 e. The molecule has 1 aliphatic carbocycles. The molecule has 1 atom stereocenters. The van der Waals surface area contributed by atoms with Gasteiger partial charge in [-0.25, -0.2) is 18.4 Å². The van der Waals surface area contributed by atoms with E-state index in [1.807, 2.05) is 0 Å². The highest BCUT2D eigenvalue weighted by Crippen LogP contribution is 2.46. The van der Waals surface area contributed by atoms with E-state index in [0.29, 0.717) is 16.0 Å². The van der Waals surface area contributed by atoms with Gasteiger partial charge < -0.3 is 10.2 Å². The second-order valence-corrected chi connectivity index (χ2v) is 10.1. The molecule has 0 aromatic carbocycles. The molecule has 3 heterocycles. The van der Waals surface area contributed by atoms with E-state index in [4.69, 9.17) is 4.98 Å². The molecule has 1 spiro atoms. The van der Waals surface area contributed by atoms with Crippen molar-refractivity contribution in [3.8, 4) is 0 Å². The van der Waals surface area contributed by atoms with Crippen molar-refractivity contribution in [3.63, 3.8) is 0 Å². The van der Waals surface area contributed by atoms with Crippen LogP contribution in [0.4, 0.5) is 5.95 Å². The van der Waals surface area contributed by atoms with Crippen LogP contribution in [0.25, 0.3) is 0 Å². The molecule has 3 fully saturated rings. The molecule has 25 heavy (non-hydrogen) atoms. The standard InChI is InChI=1S/C18H28N4O2S/c1-25(23,24)15-12-20-17(21-16(15)14-5-4-9-19-11-14)22-10-8-18(13-22)6-2-3-7-18/h12,14,19H,2-11,13H2,1H3. The minimum Gasteiger partial charge on any atom is -0.340 e. The summed E-state index contributed by atoms with van der Waals surface area (Å²) in [7, 11) is -3.32. The van der Waals surface area contributed by atoms with Crippen LogP contribution in [-0.4, -0.2) is 50.8 Å². The van der Waals surface area contributed by atoms with Crippen molar-refractivity contribution >= 4 is 15.8 Å². The van der Waals surface area contributed by atoms with Crippen molar-refractivity contribution in [2.45, 2.75) is 55.8 Å². The fourth-order valence-electron chi connectivity index (χ4n) is 4.83. The average Bonchev–Trinajstić information content (AvgIpc) is 3.25. The first kappa shape index (κ1) is 17.2. The van der Waals surface area contributed by atoms with Crippen molar-refractivity contribution < 1.29 is 8.42 Å². The molecule has 1 aromatic rings. The van der Waals surface area contributed by atoms with Gasteiger partial charge in [-0.3, -0.25) is 0 Å². The van der Waals surface area contributed by atoms with E-state index >= 15 is 0 Å². The summed E-state index contributed by atoms with van der Waals surface area (Å²) in [5, 5.41) is 3.37. The van der Waals surface area contributed by atoms with Crippen molar-refractivity contribution in [1.29, 1.82) is 0 Å². The normalized spacial score (nSPS) is 26.4. The number of hydrogen-bond acceptors (Lipinski definition) is 6. The van der Waals surface area contributed by atoms with Gasteiger partial charge in [-0.15, -0.1) is 0 Å². The zero-order chi connectivity index (χ0) is 17.5. The first-order valence-electron chi connectivity index (χ1n) is 9.50. The molecule has 0 bridgehead atoms. The Bertz CT molecular complexity index is 737. The van der Waals surface area contributed by atoms with Crippen LogP contribution in [0.15, 0.2) is 11.1 Å². The number of piperidine rings is 1. The summed E-state index contributed by atoms with van der Waals surface area (Å²) in [6, 6.07) is 0. The number of anilines is 1. The predicted molar refractivity (Wildman–Crippen MR) is 97.7 cm³/mol. The summed E-state index contributed by atoms with van der Waals surface area (Å²) in [5.41, 5.74) is 1.16. The summed E-state index contributed by atoms with van der Waals surface area (Å²) < 4.78 is 24.4. The Hall–Kier alpha value is -1.21. The second-order valence-electron chi connectivity index (χ2n) is 8.11. The van der Waals surface area contributed by atoms with Gasteiger partial charge in [-0.1, -0.05) is 12.8 Å². The van der Waals surface area contributed by atoms with Crippen LogP contribution in [0, 0.1) is 5.41 Å². The molecule has 0 amide bonds. The maximum Gasteiger partial charge on any atom is 0.225 e. The molecule has 2 saturated heterocycles. The van der Waals surface area contributed by atoms with Crippen LogP contribution in [0.2, 0.25) is 0 Å². The van der Waals surface area contributed by atoms with Crippen LogP contribution in [-0.2, 0) is 9.84 Å². The lowest BCUT2D eigenvalue weighted by molar-refractivity contribution is 0.340. The van der Waals surface area contributed by atoms with Crippen LogP contribution in [0.1, 0.15) is 56.6 Å². The molecular formula is C18H28N4O2S. The Morgan fingerprint density at radius 1 is 1.24 bits per heavy atom. The van der Waals surface area contributed by atoms with E-state index in [2.05, 4.69) is 15.2 Å². The Morgan fingerprint density at radius 3 is 2.72 bits per heavy atom. The van der Waals surface area contributed by atoms with Crippen molar-refractivity contribution in [1.82, 2.24) is 15.3 Å². The SMILES string of the molecule is CS(=O)(=O)c1cnc(N2CCC3(CCCC3)C2)nc1C1CCCNC1. The number of aromatic nitrogens is 2. The molecule has 1 unspecified atom stereocenters. The zero-order valence-corrected chi connectivity index (χ0v) is 15.8. The molecule has 0 radical (unpaired) electrons. The number of hydrogen-bond donors (Lipinski definition) is 1. The monoisotopic (exact) mass is 364 g/mol. The quantitative estimate of drug-likeness (QED) is 0.885. The molecular weight excluding hydrogens is 336 g/mol. The van der Waals surface area contributed by atoms with Gasteiger partial charge in [-0.2, -0.15) is 0 Å². The van der Waals surface area contributed by atoms with Gasteiger partial charge >= 0.3 is 0 Å². The fraction of sp³-hybridized carbons (Fsp3) is 0.778. The van der Waals surface area contributed by atoms with Crippen molar-refractivity contribution in [3.05, 3.63) is 11.9 Å². The maximum atomic E-state index is 12.2. The van der Waals surface area contributed by atoms with E-state index in [-0.39, 0.29) is 5.92 Å². The third-order valence-corrected chi connectivity index (χ3v) is 7.35. The minimum atomic E-state index is -3.32. The third-order valence-electron chi connectivity index (χ3n) is 6.24. The molecule has 2 aliphatic heterocycles. The van der Waals surface area contributed by atoms with Gasteiger partial charge in [0, 0.05) is 31.8 Å². The van der Waals surface area contributed by atoms with E-state index in [9.17, 15) is 8.42 Å². The number of sulfone groups is 1. The van der Waals surface area contributed by atoms with E-state index < -0.39 is 9.84 Å². The van der Waals surface area contributed by atoms with E-state index in [1.165, 1.54) is 38.4 Å². The first-order chi connectivity index (χ1) is 12.0. The smallest absolute Gasteiger partial charge is 0.225 e. The molecule has 3 aliphatic rings. The highest BCUT2D eigenvalue weighted by Gasteiger charge is 2.41. The number of nitrogens with one attached hydrogen (secondary N) is 1. The second kappa shape index (κ2) is 6.50. The van der Waals surface area contributed by atoms with Crippen LogP contribution >= 0.6 is 0 Å². The first-order valence-corrected chi connectivity index (χ1v) is 11.4. The Morgan fingerprint density at radius 2 is 2.04 bits per heavy atom. The number of nitrogens with zero attached hydrogens (tertiary/aromatic N) is 3. The van der Waals surface area contributed by atoms with E-state index in [1.54, 1.807) is 6.20 Å². The highest BCUT2D eigenvalue weighted by atomic mass is 32.2. The van der Waals surface area contributed by atoms with E-state index in [0.717, 1.165) is 45.0 Å². The van der Waals surface area contributed by atoms with Crippen molar-refractivity contribution in [2.24, 2.45) is 5.41 Å². The van der Waals surface area contributed by atoms with Gasteiger partial charge in [-0.05, 0) is 44.1 Å². The highest BCUT2D eigenvalue weighted by molar-refractivity contribution is 7.90. The lowest BCUT2D eigenvalue weighted by Gasteiger charge is -2.26. The lowest BCUT2D eigenvalue weighted by atomic mass is 9.86. The fourth-order valence-corrected chi connectivity index (χ4v) is 5.67. The average molecular weight is 365 g/mol. The van der Waals surface area contributed by atoms with Gasteiger partial charge in [0.25, 0.3) is 0 Å². The third kappa shape index (κ3) is 3.40. The number of rotatable bonds is 3. The van der Waals surface area contributed by atoms with Crippen LogP contribution < -0.4 is 10.2 Å². The minimum absolute atomic E-state index is 0.156.